The monoisotopic (exact) mass is 459 g/mol. The first-order chi connectivity index (χ1) is 15.2. The second-order valence-electron chi connectivity index (χ2n) is 9.79. The zero-order valence-electron chi connectivity index (χ0n) is 20.7. The van der Waals surface area contributed by atoms with Crippen LogP contribution in [0.25, 0.3) is 0 Å². The van der Waals surface area contributed by atoms with Gasteiger partial charge in [-0.15, -0.1) is 6.42 Å². The fraction of sp³-hybridized carbons (Fsp3) is 0.560. The summed E-state index contributed by atoms with van der Waals surface area (Å²) in [5.74, 6) is 1.54. The molecule has 2 atom stereocenters. The summed E-state index contributed by atoms with van der Waals surface area (Å²) in [5.41, 5.74) is -0.387. The van der Waals surface area contributed by atoms with Crippen molar-refractivity contribution >= 4 is 17.9 Å². The number of amides is 3. The summed E-state index contributed by atoms with van der Waals surface area (Å²) >= 11 is 0. The van der Waals surface area contributed by atoms with Gasteiger partial charge in [-0.3, -0.25) is 9.59 Å². The van der Waals surface area contributed by atoms with Gasteiger partial charge in [-0.05, 0) is 59.6 Å². The highest BCUT2D eigenvalue weighted by Gasteiger charge is 2.37. The highest BCUT2D eigenvalue weighted by atomic mass is 16.6. The molecule has 0 aliphatic rings. The minimum Gasteiger partial charge on any atom is -0.444 e. The van der Waals surface area contributed by atoms with E-state index in [1.54, 1.807) is 45.0 Å². The van der Waals surface area contributed by atoms with Crippen LogP contribution in [0.1, 0.15) is 72.1 Å². The number of rotatable bonds is 8. The SMILES string of the molecule is C#Cc1ccccc1C(C(=O)NC(C)(C)C)N(CCC)C(=O)C(CO)NC(=O)OC(C)(C)C. The van der Waals surface area contributed by atoms with Crippen LogP contribution in [0.15, 0.2) is 24.3 Å². The van der Waals surface area contributed by atoms with Gasteiger partial charge in [0.1, 0.15) is 17.7 Å². The van der Waals surface area contributed by atoms with Crippen LogP contribution in [0.3, 0.4) is 0 Å². The summed E-state index contributed by atoms with van der Waals surface area (Å²) in [4.78, 5) is 40.5. The van der Waals surface area contributed by atoms with Crippen LogP contribution in [0.2, 0.25) is 0 Å². The lowest BCUT2D eigenvalue weighted by Gasteiger charge is -2.36. The number of hydrogen-bond acceptors (Lipinski definition) is 5. The number of alkyl carbamates (subject to hydrolysis) is 1. The van der Waals surface area contributed by atoms with Gasteiger partial charge in [-0.25, -0.2) is 4.79 Å². The van der Waals surface area contributed by atoms with E-state index in [1.165, 1.54) is 4.90 Å². The van der Waals surface area contributed by atoms with Crippen LogP contribution in [-0.2, 0) is 14.3 Å². The summed E-state index contributed by atoms with van der Waals surface area (Å²) in [5, 5.41) is 15.2. The molecule has 0 saturated carbocycles. The Labute approximate surface area is 197 Å². The van der Waals surface area contributed by atoms with Crippen molar-refractivity contribution in [1.29, 1.82) is 0 Å². The average molecular weight is 460 g/mol. The van der Waals surface area contributed by atoms with E-state index in [4.69, 9.17) is 11.2 Å². The third-order valence-electron chi connectivity index (χ3n) is 4.39. The molecule has 0 saturated heterocycles. The van der Waals surface area contributed by atoms with Crippen LogP contribution in [-0.4, -0.2) is 58.2 Å². The molecule has 2 unspecified atom stereocenters. The molecule has 0 fully saturated rings. The highest BCUT2D eigenvalue weighted by molar-refractivity contribution is 5.92. The number of nitrogens with zero attached hydrogens (tertiary/aromatic N) is 1. The molecule has 1 aromatic rings. The fourth-order valence-corrected chi connectivity index (χ4v) is 3.20. The van der Waals surface area contributed by atoms with Crippen LogP contribution in [0.4, 0.5) is 4.79 Å². The first kappa shape index (κ1) is 28.0. The Morgan fingerprint density at radius 2 is 1.76 bits per heavy atom. The first-order valence-corrected chi connectivity index (χ1v) is 11.0. The number of carbonyl (C=O) groups excluding carboxylic acids is 3. The van der Waals surface area contributed by atoms with Gasteiger partial charge in [0.15, 0.2) is 0 Å². The Kier molecular flexibility index (Phi) is 9.93. The molecule has 3 amide bonds. The molecule has 182 valence electrons. The van der Waals surface area contributed by atoms with Crippen LogP contribution in [0, 0.1) is 12.3 Å². The maximum atomic E-state index is 13.5. The molecular weight excluding hydrogens is 422 g/mol. The Morgan fingerprint density at radius 3 is 2.24 bits per heavy atom. The number of ether oxygens (including phenoxy) is 1. The van der Waals surface area contributed by atoms with Crippen molar-refractivity contribution in [2.45, 2.75) is 78.1 Å². The Morgan fingerprint density at radius 1 is 1.15 bits per heavy atom. The predicted molar refractivity (Wildman–Crippen MR) is 127 cm³/mol. The lowest BCUT2D eigenvalue weighted by Crippen LogP contribution is -2.56. The topological polar surface area (TPSA) is 108 Å². The van der Waals surface area contributed by atoms with Gasteiger partial charge in [0.2, 0.25) is 11.8 Å². The third-order valence-corrected chi connectivity index (χ3v) is 4.39. The zero-order chi connectivity index (χ0) is 25.4. The summed E-state index contributed by atoms with van der Waals surface area (Å²) in [6.45, 7) is 12.0. The smallest absolute Gasteiger partial charge is 0.408 e. The van der Waals surface area contributed by atoms with Crippen LogP contribution in [0.5, 0.6) is 0 Å². The number of carbonyl (C=O) groups is 3. The second kappa shape index (κ2) is 11.7. The molecule has 0 spiro atoms. The molecular formula is C25H37N3O5. The Bertz CT molecular complexity index is 877. The van der Waals surface area contributed by atoms with Crippen molar-refractivity contribution in [2.24, 2.45) is 0 Å². The minimum absolute atomic E-state index is 0.201. The third kappa shape index (κ3) is 8.78. The Hall–Kier alpha value is -3.05. The molecule has 0 aliphatic heterocycles. The van der Waals surface area contributed by atoms with Crippen LogP contribution < -0.4 is 10.6 Å². The van der Waals surface area contributed by atoms with Gasteiger partial charge in [-0.2, -0.15) is 0 Å². The largest absolute Gasteiger partial charge is 0.444 e. The maximum absolute atomic E-state index is 13.5. The van der Waals surface area contributed by atoms with E-state index in [9.17, 15) is 19.5 Å². The maximum Gasteiger partial charge on any atom is 0.408 e. The lowest BCUT2D eigenvalue weighted by atomic mass is 9.96. The Balaban J connectivity index is 3.45. The van der Waals surface area contributed by atoms with E-state index >= 15 is 0 Å². The quantitative estimate of drug-likeness (QED) is 0.518. The molecule has 0 radical (unpaired) electrons. The molecule has 0 heterocycles. The van der Waals surface area contributed by atoms with Gasteiger partial charge >= 0.3 is 6.09 Å². The normalized spacial score (nSPS) is 13.3. The summed E-state index contributed by atoms with van der Waals surface area (Å²) in [7, 11) is 0. The van der Waals surface area contributed by atoms with E-state index < -0.39 is 47.7 Å². The number of nitrogens with one attached hydrogen (secondary N) is 2. The van der Waals surface area contributed by atoms with E-state index in [-0.39, 0.29) is 6.54 Å². The molecule has 8 nitrogen and oxygen atoms in total. The van der Waals surface area contributed by atoms with Crippen molar-refractivity contribution < 1.29 is 24.2 Å². The minimum atomic E-state index is -1.30. The van der Waals surface area contributed by atoms with Gasteiger partial charge in [0.05, 0.1) is 6.61 Å². The van der Waals surface area contributed by atoms with Gasteiger partial charge in [0.25, 0.3) is 0 Å². The standard InChI is InChI=1S/C25H37N3O5/c1-9-15-28(22(31)19(16-29)26-23(32)33-25(6,7)8)20(21(30)27-24(3,4)5)18-14-12-11-13-17(18)10-2/h2,11-14,19-20,29H,9,15-16H2,1,3-8H3,(H,26,32)(H,27,30). The number of terminal acetylenes is 1. The second-order valence-corrected chi connectivity index (χ2v) is 9.79. The number of aliphatic hydroxyl groups excluding tert-OH is 1. The van der Waals surface area contributed by atoms with Gasteiger partial charge < -0.3 is 25.4 Å². The van der Waals surface area contributed by atoms with Crippen molar-refractivity contribution in [3.05, 3.63) is 35.4 Å². The fourth-order valence-electron chi connectivity index (χ4n) is 3.20. The predicted octanol–water partition coefficient (Wildman–Crippen LogP) is 2.75. The van der Waals surface area contributed by atoms with Crippen LogP contribution >= 0.6 is 0 Å². The lowest BCUT2D eigenvalue weighted by molar-refractivity contribution is -0.143. The summed E-state index contributed by atoms with van der Waals surface area (Å²) in [6.07, 6.45) is 5.37. The van der Waals surface area contributed by atoms with E-state index in [0.29, 0.717) is 17.5 Å². The molecule has 33 heavy (non-hydrogen) atoms. The summed E-state index contributed by atoms with van der Waals surface area (Å²) in [6, 6.07) is 4.54. The van der Waals surface area contributed by atoms with E-state index in [1.807, 2.05) is 27.7 Å². The molecule has 0 aromatic heterocycles. The molecule has 1 aromatic carbocycles. The molecule has 3 N–H and O–H groups in total. The average Bonchev–Trinajstić information content (AvgIpc) is 2.68. The van der Waals surface area contributed by atoms with Crippen molar-refractivity contribution in [2.75, 3.05) is 13.2 Å². The summed E-state index contributed by atoms with van der Waals surface area (Å²) < 4.78 is 5.22. The number of hydrogen-bond donors (Lipinski definition) is 3. The van der Waals surface area contributed by atoms with Gasteiger partial charge in [-0.1, -0.05) is 31.0 Å². The van der Waals surface area contributed by atoms with E-state index in [0.717, 1.165) is 0 Å². The van der Waals surface area contributed by atoms with Crippen molar-refractivity contribution in [3.63, 3.8) is 0 Å². The van der Waals surface area contributed by atoms with E-state index in [2.05, 4.69) is 16.6 Å². The number of benzene rings is 1. The molecule has 1 rings (SSSR count). The molecule has 0 bridgehead atoms. The van der Waals surface area contributed by atoms with Gasteiger partial charge in [0, 0.05) is 17.6 Å². The van der Waals surface area contributed by atoms with Crippen molar-refractivity contribution in [3.8, 4) is 12.3 Å². The van der Waals surface area contributed by atoms with Crippen molar-refractivity contribution in [1.82, 2.24) is 15.5 Å². The molecule has 8 heteroatoms. The zero-order valence-corrected chi connectivity index (χ0v) is 20.7. The first-order valence-electron chi connectivity index (χ1n) is 11.0. The number of aliphatic hydroxyl groups is 1. The molecule has 0 aliphatic carbocycles. The highest BCUT2D eigenvalue weighted by Crippen LogP contribution is 2.26.